The summed E-state index contributed by atoms with van der Waals surface area (Å²) in [5, 5.41) is 3.77. The van der Waals surface area contributed by atoms with Gasteiger partial charge < -0.3 is 10.1 Å². The molecule has 0 aliphatic rings. The molecule has 1 aromatic heterocycles. The minimum absolute atomic E-state index is 0.0701. The molecule has 27 heavy (non-hydrogen) atoms. The zero-order chi connectivity index (χ0) is 19.2. The number of carbonyl (C=O) groups is 2. The van der Waals surface area contributed by atoms with Crippen molar-refractivity contribution < 1.29 is 14.3 Å². The highest BCUT2D eigenvalue weighted by atomic mass is 32.1. The van der Waals surface area contributed by atoms with Crippen molar-refractivity contribution >= 4 is 28.9 Å². The molecule has 0 radical (unpaired) electrons. The van der Waals surface area contributed by atoms with E-state index in [1.165, 1.54) is 7.11 Å². The first-order valence-electron chi connectivity index (χ1n) is 8.57. The summed E-state index contributed by atoms with van der Waals surface area (Å²) in [4.78, 5) is 28.9. The van der Waals surface area contributed by atoms with Crippen LogP contribution in [0.15, 0.2) is 54.6 Å². The van der Waals surface area contributed by atoms with Gasteiger partial charge >= 0.3 is 5.97 Å². The Labute approximate surface area is 162 Å². The molecule has 3 rings (SSSR count). The number of rotatable bonds is 6. The molecule has 0 aliphatic carbocycles. The quantitative estimate of drug-likeness (QED) is 0.631. The van der Waals surface area contributed by atoms with Crippen LogP contribution in [0.25, 0.3) is 21.8 Å². The van der Waals surface area contributed by atoms with E-state index in [2.05, 4.69) is 29.1 Å². The summed E-state index contributed by atoms with van der Waals surface area (Å²) in [7, 11) is 1.31. The van der Waals surface area contributed by atoms with Gasteiger partial charge in [-0.3, -0.25) is 9.59 Å². The maximum absolute atomic E-state index is 11.9. The van der Waals surface area contributed by atoms with Crippen LogP contribution in [-0.2, 0) is 14.3 Å². The third kappa shape index (κ3) is 4.80. The second-order valence-electron chi connectivity index (χ2n) is 5.99. The molecule has 1 N–H and O–H groups in total. The number of hydrogen-bond donors (Lipinski definition) is 1. The third-order valence-corrected chi connectivity index (χ3v) is 5.06. The number of ether oxygens (including phenoxy) is 1. The van der Waals surface area contributed by atoms with E-state index in [0.29, 0.717) is 5.69 Å². The fourth-order valence-electron chi connectivity index (χ4n) is 2.62. The Morgan fingerprint density at radius 2 is 1.70 bits per heavy atom. The van der Waals surface area contributed by atoms with Gasteiger partial charge in [0.1, 0.15) is 5.01 Å². The van der Waals surface area contributed by atoms with E-state index in [1.54, 1.807) is 11.3 Å². The van der Waals surface area contributed by atoms with Crippen molar-refractivity contribution in [1.82, 2.24) is 4.98 Å². The topological polar surface area (TPSA) is 68.3 Å². The first-order chi connectivity index (χ1) is 13.1. The van der Waals surface area contributed by atoms with Gasteiger partial charge in [0.25, 0.3) is 0 Å². The van der Waals surface area contributed by atoms with Crippen molar-refractivity contribution in [2.75, 3.05) is 12.4 Å². The average molecular weight is 380 g/mol. The molecule has 1 heterocycles. The van der Waals surface area contributed by atoms with Crippen molar-refractivity contribution in [2.45, 2.75) is 19.8 Å². The van der Waals surface area contributed by atoms with Crippen LogP contribution in [0, 0.1) is 6.92 Å². The number of amides is 1. The lowest BCUT2D eigenvalue weighted by atomic mass is 10.1. The summed E-state index contributed by atoms with van der Waals surface area (Å²) >= 11 is 1.66. The molecule has 0 atom stereocenters. The summed E-state index contributed by atoms with van der Waals surface area (Å²) in [6.45, 7) is 2.06. The van der Waals surface area contributed by atoms with Gasteiger partial charge in [-0.2, -0.15) is 0 Å². The van der Waals surface area contributed by atoms with Crippen LogP contribution in [0.4, 0.5) is 5.69 Å². The Morgan fingerprint density at radius 3 is 2.37 bits per heavy atom. The number of thiazole rings is 1. The number of anilines is 1. The van der Waals surface area contributed by atoms with E-state index < -0.39 is 5.97 Å². The van der Waals surface area contributed by atoms with Gasteiger partial charge in [0, 0.05) is 28.1 Å². The number of esters is 1. The van der Waals surface area contributed by atoms with E-state index in [-0.39, 0.29) is 18.7 Å². The highest BCUT2D eigenvalue weighted by Gasteiger charge is 2.12. The van der Waals surface area contributed by atoms with Crippen molar-refractivity contribution in [3.8, 4) is 21.8 Å². The SMILES string of the molecule is COC(=O)CCC(=O)Nc1ccc(-c2nc(-c3ccccc3)sc2C)cc1. The monoisotopic (exact) mass is 380 g/mol. The highest BCUT2D eigenvalue weighted by Crippen LogP contribution is 2.33. The van der Waals surface area contributed by atoms with Gasteiger partial charge in [0.15, 0.2) is 0 Å². The van der Waals surface area contributed by atoms with E-state index >= 15 is 0 Å². The maximum atomic E-state index is 11.9. The Bertz CT molecular complexity index is 934. The lowest BCUT2D eigenvalue weighted by Crippen LogP contribution is -2.13. The third-order valence-electron chi connectivity index (χ3n) is 4.04. The minimum Gasteiger partial charge on any atom is -0.469 e. The number of nitrogens with zero attached hydrogens (tertiary/aromatic N) is 1. The summed E-state index contributed by atoms with van der Waals surface area (Å²) < 4.78 is 4.54. The van der Waals surface area contributed by atoms with Gasteiger partial charge in [-0.05, 0) is 19.1 Å². The Hall–Kier alpha value is -2.99. The molecule has 5 nitrogen and oxygen atoms in total. The number of aryl methyl sites for hydroxylation is 1. The molecule has 6 heteroatoms. The van der Waals surface area contributed by atoms with Gasteiger partial charge in [0.2, 0.25) is 5.91 Å². The molecule has 138 valence electrons. The second kappa shape index (κ2) is 8.60. The second-order valence-corrected chi connectivity index (χ2v) is 7.19. The van der Waals surface area contributed by atoms with Crippen LogP contribution in [-0.4, -0.2) is 24.0 Å². The van der Waals surface area contributed by atoms with Crippen LogP contribution >= 0.6 is 11.3 Å². The number of aromatic nitrogens is 1. The molecule has 0 bridgehead atoms. The summed E-state index contributed by atoms with van der Waals surface area (Å²) in [6, 6.07) is 17.7. The normalized spacial score (nSPS) is 10.4. The lowest BCUT2D eigenvalue weighted by molar-refractivity contribution is -0.141. The zero-order valence-corrected chi connectivity index (χ0v) is 16.0. The lowest BCUT2D eigenvalue weighted by Gasteiger charge is -2.06. The molecule has 0 unspecified atom stereocenters. The van der Waals surface area contributed by atoms with E-state index in [0.717, 1.165) is 26.7 Å². The summed E-state index contributed by atoms with van der Waals surface area (Å²) in [6.07, 6.45) is 0.167. The molecule has 0 saturated carbocycles. The number of hydrogen-bond acceptors (Lipinski definition) is 5. The smallest absolute Gasteiger partial charge is 0.306 e. The number of benzene rings is 2. The molecule has 0 saturated heterocycles. The molecule has 2 aromatic carbocycles. The van der Waals surface area contributed by atoms with Crippen LogP contribution in [0.1, 0.15) is 17.7 Å². The van der Waals surface area contributed by atoms with E-state index in [9.17, 15) is 9.59 Å². The maximum Gasteiger partial charge on any atom is 0.306 e. The predicted octanol–water partition coefficient (Wildman–Crippen LogP) is 4.68. The molecule has 0 aliphatic heterocycles. The van der Waals surface area contributed by atoms with E-state index in [1.807, 2.05) is 42.5 Å². The van der Waals surface area contributed by atoms with Crippen molar-refractivity contribution in [3.63, 3.8) is 0 Å². The minimum atomic E-state index is -0.395. The molecule has 3 aromatic rings. The Kier molecular flexibility index (Phi) is 5.98. The van der Waals surface area contributed by atoms with Crippen LogP contribution in [0.5, 0.6) is 0 Å². The fraction of sp³-hybridized carbons (Fsp3) is 0.190. The van der Waals surface area contributed by atoms with Gasteiger partial charge in [-0.25, -0.2) is 4.98 Å². The van der Waals surface area contributed by atoms with Gasteiger partial charge in [-0.1, -0.05) is 42.5 Å². The van der Waals surface area contributed by atoms with Crippen molar-refractivity contribution in [3.05, 3.63) is 59.5 Å². The van der Waals surface area contributed by atoms with Gasteiger partial charge in [0.05, 0.1) is 19.2 Å². The van der Waals surface area contributed by atoms with Crippen LogP contribution in [0.2, 0.25) is 0 Å². The first kappa shape index (κ1) is 18.8. The van der Waals surface area contributed by atoms with Crippen molar-refractivity contribution in [2.24, 2.45) is 0 Å². The molecule has 0 fully saturated rings. The number of nitrogens with one attached hydrogen (secondary N) is 1. The largest absolute Gasteiger partial charge is 0.469 e. The number of methoxy groups -OCH3 is 1. The van der Waals surface area contributed by atoms with E-state index in [4.69, 9.17) is 4.98 Å². The number of carbonyl (C=O) groups excluding carboxylic acids is 2. The zero-order valence-electron chi connectivity index (χ0n) is 15.2. The standard InChI is InChI=1S/C21H20N2O3S/c1-14-20(23-21(27-14)16-6-4-3-5-7-16)15-8-10-17(11-9-15)22-18(24)12-13-19(25)26-2/h3-11H,12-13H2,1-2H3,(H,22,24). The van der Waals surface area contributed by atoms with Crippen LogP contribution in [0.3, 0.4) is 0 Å². The Balaban J connectivity index is 1.70. The Morgan fingerprint density at radius 1 is 1.00 bits per heavy atom. The molecular weight excluding hydrogens is 360 g/mol. The molecule has 1 amide bonds. The predicted molar refractivity (Wildman–Crippen MR) is 108 cm³/mol. The fourth-order valence-corrected chi connectivity index (χ4v) is 3.56. The molecular formula is C21H20N2O3S. The highest BCUT2D eigenvalue weighted by molar-refractivity contribution is 7.15. The first-order valence-corrected chi connectivity index (χ1v) is 9.38. The van der Waals surface area contributed by atoms with Gasteiger partial charge in [-0.15, -0.1) is 11.3 Å². The van der Waals surface area contributed by atoms with Crippen LogP contribution < -0.4 is 5.32 Å². The average Bonchev–Trinajstić information content (AvgIpc) is 3.09. The van der Waals surface area contributed by atoms with Crippen molar-refractivity contribution in [1.29, 1.82) is 0 Å². The summed E-state index contributed by atoms with van der Waals surface area (Å²) in [5.74, 6) is -0.613. The molecule has 0 spiro atoms. The summed E-state index contributed by atoms with van der Waals surface area (Å²) in [5.41, 5.74) is 3.73.